The van der Waals surface area contributed by atoms with E-state index in [1.54, 1.807) is 7.11 Å². The molecular formula is C23H21N3O. The van der Waals surface area contributed by atoms with Crippen molar-refractivity contribution in [2.24, 2.45) is 0 Å². The van der Waals surface area contributed by atoms with Gasteiger partial charge in [0.2, 0.25) is 0 Å². The Kier molecular flexibility index (Phi) is 4.47. The summed E-state index contributed by atoms with van der Waals surface area (Å²) in [6, 6.07) is 24.4. The van der Waals surface area contributed by atoms with E-state index in [0.717, 1.165) is 39.2 Å². The van der Waals surface area contributed by atoms with Crippen molar-refractivity contribution >= 4 is 16.6 Å². The minimum absolute atomic E-state index is 0.711. The summed E-state index contributed by atoms with van der Waals surface area (Å²) in [7, 11) is 5.74. The number of hydrogen-bond acceptors (Lipinski definition) is 4. The number of anilines is 1. The van der Waals surface area contributed by atoms with Gasteiger partial charge in [0.25, 0.3) is 0 Å². The fourth-order valence-corrected chi connectivity index (χ4v) is 3.09. The molecule has 1 aromatic heterocycles. The molecule has 0 unspecified atom stereocenters. The van der Waals surface area contributed by atoms with Crippen molar-refractivity contribution in [2.75, 3.05) is 26.1 Å². The molecule has 4 nitrogen and oxygen atoms in total. The molecule has 0 fully saturated rings. The van der Waals surface area contributed by atoms with Crippen molar-refractivity contribution in [1.82, 2.24) is 9.97 Å². The van der Waals surface area contributed by atoms with Crippen molar-refractivity contribution in [3.8, 4) is 28.4 Å². The SMILES string of the molecule is COc1ccc2c(-c3ccc(N(C)C)cc3)nc(-c3ccccc3)nc2c1. The van der Waals surface area contributed by atoms with Crippen LogP contribution in [0.4, 0.5) is 5.69 Å². The average molecular weight is 355 g/mol. The molecule has 4 rings (SSSR count). The second-order valence-corrected chi connectivity index (χ2v) is 6.59. The molecule has 0 aliphatic rings. The molecule has 0 aliphatic heterocycles. The van der Waals surface area contributed by atoms with Crippen LogP contribution in [0.2, 0.25) is 0 Å². The Morgan fingerprint density at radius 3 is 2.19 bits per heavy atom. The van der Waals surface area contributed by atoms with Crippen LogP contribution < -0.4 is 9.64 Å². The molecule has 0 spiro atoms. The lowest BCUT2D eigenvalue weighted by Gasteiger charge is -2.14. The summed E-state index contributed by atoms with van der Waals surface area (Å²) in [6.07, 6.45) is 0. The molecule has 0 saturated carbocycles. The van der Waals surface area contributed by atoms with E-state index in [1.807, 2.05) is 62.6 Å². The summed E-state index contributed by atoms with van der Waals surface area (Å²) in [4.78, 5) is 11.8. The highest BCUT2D eigenvalue weighted by atomic mass is 16.5. The third kappa shape index (κ3) is 3.34. The zero-order valence-corrected chi connectivity index (χ0v) is 15.7. The van der Waals surface area contributed by atoms with Crippen molar-refractivity contribution < 1.29 is 4.74 Å². The van der Waals surface area contributed by atoms with Crippen LogP contribution in [0.15, 0.2) is 72.8 Å². The van der Waals surface area contributed by atoms with Crippen LogP contribution in [0.3, 0.4) is 0 Å². The van der Waals surface area contributed by atoms with E-state index < -0.39 is 0 Å². The third-order valence-electron chi connectivity index (χ3n) is 4.59. The molecule has 4 heteroatoms. The van der Waals surface area contributed by atoms with E-state index in [9.17, 15) is 0 Å². The van der Waals surface area contributed by atoms with Gasteiger partial charge in [0, 0.05) is 42.4 Å². The Balaban J connectivity index is 1.94. The van der Waals surface area contributed by atoms with Gasteiger partial charge in [-0.1, -0.05) is 42.5 Å². The van der Waals surface area contributed by atoms with E-state index >= 15 is 0 Å². The molecule has 4 aromatic rings. The molecule has 0 aliphatic carbocycles. The number of methoxy groups -OCH3 is 1. The minimum atomic E-state index is 0.711. The smallest absolute Gasteiger partial charge is 0.160 e. The van der Waals surface area contributed by atoms with Crippen LogP contribution in [0.1, 0.15) is 0 Å². The van der Waals surface area contributed by atoms with Gasteiger partial charge in [0.15, 0.2) is 5.82 Å². The fourth-order valence-electron chi connectivity index (χ4n) is 3.09. The van der Waals surface area contributed by atoms with Crippen LogP contribution >= 0.6 is 0 Å². The van der Waals surface area contributed by atoms with Gasteiger partial charge in [-0.2, -0.15) is 0 Å². The molecule has 134 valence electrons. The zero-order chi connectivity index (χ0) is 18.8. The van der Waals surface area contributed by atoms with Crippen molar-refractivity contribution in [3.05, 3.63) is 72.8 Å². The first kappa shape index (κ1) is 17.0. The third-order valence-corrected chi connectivity index (χ3v) is 4.59. The number of fused-ring (bicyclic) bond motifs is 1. The van der Waals surface area contributed by atoms with E-state index in [4.69, 9.17) is 14.7 Å². The number of nitrogens with zero attached hydrogens (tertiary/aromatic N) is 3. The van der Waals surface area contributed by atoms with E-state index in [1.165, 1.54) is 0 Å². The molecule has 0 amide bonds. The highest BCUT2D eigenvalue weighted by Gasteiger charge is 2.12. The fraction of sp³-hybridized carbons (Fsp3) is 0.130. The predicted molar refractivity (Wildman–Crippen MR) is 111 cm³/mol. The Hall–Kier alpha value is -3.40. The lowest BCUT2D eigenvalue weighted by molar-refractivity contribution is 0.415. The van der Waals surface area contributed by atoms with Gasteiger partial charge >= 0.3 is 0 Å². The number of ether oxygens (including phenoxy) is 1. The van der Waals surface area contributed by atoms with Crippen LogP contribution in [0.5, 0.6) is 5.75 Å². The van der Waals surface area contributed by atoms with Gasteiger partial charge in [0.1, 0.15) is 5.75 Å². The number of hydrogen-bond donors (Lipinski definition) is 0. The predicted octanol–water partition coefficient (Wildman–Crippen LogP) is 5.04. The quantitative estimate of drug-likeness (QED) is 0.514. The first-order valence-corrected chi connectivity index (χ1v) is 8.84. The molecule has 0 atom stereocenters. The molecule has 0 saturated heterocycles. The molecule has 1 heterocycles. The molecule has 0 radical (unpaired) electrons. The summed E-state index contributed by atoms with van der Waals surface area (Å²) in [5.74, 6) is 1.50. The largest absolute Gasteiger partial charge is 0.497 e. The summed E-state index contributed by atoms with van der Waals surface area (Å²) >= 11 is 0. The van der Waals surface area contributed by atoms with E-state index in [0.29, 0.717) is 5.82 Å². The zero-order valence-electron chi connectivity index (χ0n) is 15.7. The summed E-state index contributed by atoms with van der Waals surface area (Å²) in [5.41, 5.74) is 5.01. The van der Waals surface area contributed by atoms with Crippen molar-refractivity contribution in [2.45, 2.75) is 0 Å². The monoisotopic (exact) mass is 355 g/mol. The first-order chi connectivity index (χ1) is 13.2. The number of rotatable bonds is 4. The normalized spacial score (nSPS) is 10.8. The molecule has 27 heavy (non-hydrogen) atoms. The lowest BCUT2D eigenvalue weighted by Crippen LogP contribution is -2.08. The van der Waals surface area contributed by atoms with Crippen molar-refractivity contribution in [1.29, 1.82) is 0 Å². The van der Waals surface area contributed by atoms with Crippen LogP contribution in [-0.4, -0.2) is 31.2 Å². The summed E-state index contributed by atoms with van der Waals surface area (Å²) < 4.78 is 5.39. The topological polar surface area (TPSA) is 38.2 Å². The van der Waals surface area contributed by atoms with Crippen LogP contribution in [0.25, 0.3) is 33.5 Å². The maximum atomic E-state index is 5.39. The lowest BCUT2D eigenvalue weighted by atomic mass is 10.0. The Labute approximate surface area is 159 Å². The van der Waals surface area contributed by atoms with E-state index in [2.05, 4.69) is 29.2 Å². The van der Waals surface area contributed by atoms with Crippen LogP contribution in [0, 0.1) is 0 Å². The Morgan fingerprint density at radius 2 is 1.52 bits per heavy atom. The highest BCUT2D eigenvalue weighted by Crippen LogP contribution is 2.31. The highest BCUT2D eigenvalue weighted by molar-refractivity contribution is 5.94. The molecule has 3 aromatic carbocycles. The molecular weight excluding hydrogens is 334 g/mol. The minimum Gasteiger partial charge on any atom is -0.497 e. The Bertz CT molecular complexity index is 1070. The average Bonchev–Trinajstić information content (AvgIpc) is 2.73. The van der Waals surface area contributed by atoms with E-state index in [-0.39, 0.29) is 0 Å². The maximum absolute atomic E-state index is 5.39. The summed E-state index contributed by atoms with van der Waals surface area (Å²) in [5, 5.41) is 1.01. The van der Waals surface area contributed by atoms with Gasteiger partial charge in [-0.05, 0) is 24.3 Å². The van der Waals surface area contributed by atoms with Crippen molar-refractivity contribution in [3.63, 3.8) is 0 Å². The summed E-state index contributed by atoms with van der Waals surface area (Å²) in [6.45, 7) is 0. The molecule has 0 N–H and O–H groups in total. The number of aromatic nitrogens is 2. The maximum Gasteiger partial charge on any atom is 0.160 e. The van der Waals surface area contributed by atoms with Gasteiger partial charge < -0.3 is 9.64 Å². The van der Waals surface area contributed by atoms with Gasteiger partial charge in [-0.25, -0.2) is 9.97 Å². The second-order valence-electron chi connectivity index (χ2n) is 6.59. The van der Waals surface area contributed by atoms with Crippen LogP contribution in [-0.2, 0) is 0 Å². The number of benzene rings is 3. The van der Waals surface area contributed by atoms with Gasteiger partial charge in [-0.3, -0.25) is 0 Å². The first-order valence-electron chi connectivity index (χ1n) is 8.84. The van der Waals surface area contributed by atoms with Gasteiger partial charge in [0.05, 0.1) is 18.3 Å². The standard InChI is InChI=1S/C23H21N3O/c1-26(2)18-11-9-16(10-12-18)22-20-14-13-19(27-3)15-21(20)24-23(25-22)17-7-5-4-6-8-17/h4-15H,1-3H3. The molecule has 0 bridgehead atoms. The second kappa shape index (κ2) is 7.08. The van der Waals surface area contributed by atoms with Gasteiger partial charge in [-0.15, -0.1) is 0 Å². The Morgan fingerprint density at radius 1 is 0.778 bits per heavy atom.